The maximum atomic E-state index is 14.3. The quantitative estimate of drug-likeness (QED) is 0.0457. The fourth-order valence-corrected chi connectivity index (χ4v) is 9.02. The van der Waals surface area contributed by atoms with Crippen LogP contribution in [0.5, 0.6) is 0 Å². The van der Waals surface area contributed by atoms with Gasteiger partial charge in [-0.05, 0) is 68.8 Å². The standard InChI is InChI=1S/C46H50N2O5S2/c1-45(2,3)53-44(52)33(31-55-46(34-21-12-7-13-22-34,35-23-14-8-15-24-35)36-25-16-9-17-26-36)30-48-38-28-18-27-37(41(38)32-19-10-6-11-20-32)42(49)40(54-5)29-39(47-4)43(50)51/h6-28,33,39-40,47-48H,29-31H2,1-5H3,(H,50,51)/t33-,39-,40?/m0/s1. The van der Waals surface area contributed by atoms with Gasteiger partial charge in [0.05, 0.1) is 15.9 Å². The number of ether oxygens (including phenoxy) is 1. The third kappa shape index (κ3) is 10.3. The lowest BCUT2D eigenvalue weighted by Gasteiger charge is -2.36. The molecule has 0 aliphatic carbocycles. The van der Waals surface area contributed by atoms with Crippen molar-refractivity contribution in [2.24, 2.45) is 5.92 Å². The molecule has 0 aliphatic heterocycles. The summed E-state index contributed by atoms with van der Waals surface area (Å²) >= 11 is 3.04. The van der Waals surface area contributed by atoms with Gasteiger partial charge in [-0.1, -0.05) is 133 Å². The number of carbonyl (C=O) groups is 3. The summed E-state index contributed by atoms with van der Waals surface area (Å²) < 4.78 is 5.42. The lowest BCUT2D eigenvalue weighted by Crippen LogP contribution is -2.38. The van der Waals surface area contributed by atoms with Crippen LogP contribution in [0.1, 0.15) is 54.2 Å². The summed E-state index contributed by atoms with van der Waals surface area (Å²) in [5.74, 6) is -1.66. The van der Waals surface area contributed by atoms with Crippen molar-refractivity contribution in [3.63, 3.8) is 0 Å². The maximum Gasteiger partial charge on any atom is 0.320 e. The van der Waals surface area contributed by atoms with E-state index in [-0.39, 0.29) is 24.7 Å². The van der Waals surface area contributed by atoms with Gasteiger partial charge in [-0.15, -0.1) is 11.8 Å². The molecule has 0 bridgehead atoms. The first kappa shape index (κ1) is 41.3. The average Bonchev–Trinajstić information content (AvgIpc) is 3.20. The molecular weight excluding hydrogens is 725 g/mol. The SMILES string of the molecule is CN[C@@H](CC(SC)C(=O)c1cccc(NC[C@@H](CSC(c2ccccc2)(c2ccccc2)c2ccccc2)C(=O)OC(C)(C)C)c1-c1ccccc1)C(=O)O. The fraction of sp³-hybridized carbons (Fsp3) is 0.283. The molecule has 5 aromatic carbocycles. The topological polar surface area (TPSA) is 105 Å². The number of thioether (sulfide) groups is 2. The van der Waals surface area contributed by atoms with Gasteiger partial charge in [0, 0.05) is 29.1 Å². The molecule has 0 heterocycles. The van der Waals surface area contributed by atoms with E-state index in [1.165, 1.54) is 11.8 Å². The number of benzene rings is 5. The number of Topliss-reactive ketones (excluding diaryl/α,β-unsaturated/α-hetero) is 1. The Kier molecular flexibility index (Phi) is 14.4. The molecule has 7 nitrogen and oxygen atoms in total. The zero-order valence-electron chi connectivity index (χ0n) is 32.0. The number of carbonyl (C=O) groups excluding carboxylic acids is 2. The zero-order chi connectivity index (χ0) is 39.4. The Morgan fingerprint density at radius 3 is 1.69 bits per heavy atom. The van der Waals surface area contributed by atoms with E-state index in [0.29, 0.717) is 22.6 Å². The molecule has 0 amide bonds. The number of anilines is 1. The van der Waals surface area contributed by atoms with Crippen LogP contribution in [0.15, 0.2) is 140 Å². The third-order valence-corrected chi connectivity index (χ3v) is 12.1. The number of hydrogen-bond acceptors (Lipinski definition) is 8. The van der Waals surface area contributed by atoms with Gasteiger partial charge in [0.15, 0.2) is 5.78 Å². The number of carboxylic acids is 1. The molecule has 0 radical (unpaired) electrons. The van der Waals surface area contributed by atoms with Crippen LogP contribution in [0.3, 0.4) is 0 Å². The molecule has 0 saturated carbocycles. The van der Waals surface area contributed by atoms with Gasteiger partial charge >= 0.3 is 11.9 Å². The van der Waals surface area contributed by atoms with Crippen LogP contribution in [0, 0.1) is 5.92 Å². The van der Waals surface area contributed by atoms with Crippen LogP contribution in [0.2, 0.25) is 0 Å². The minimum Gasteiger partial charge on any atom is -0.480 e. The molecule has 286 valence electrons. The summed E-state index contributed by atoms with van der Waals surface area (Å²) in [6.45, 7) is 5.86. The highest BCUT2D eigenvalue weighted by molar-refractivity contribution is 8.00. The van der Waals surface area contributed by atoms with Gasteiger partial charge in [-0.2, -0.15) is 11.8 Å². The van der Waals surface area contributed by atoms with Crippen molar-refractivity contribution in [1.82, 2.24) is 5.32 Å². The first-order valence-corrected chi connectivity index (χ1v) is 20.7. The van der Waals surface area contributed by atoms with Crippen LogP contribution in [-0.4, -0.2) is 65.3 Å². The minimum absolute atomic E-state index is 0.127. The zero-order valence-corrected chi connectivity index (χ0v) is 33.7. The number of likely N-dealkylation sites (N-methyl/N-ethyl adjacent to an activating group) is 1. The smallest absolute Gasteiger partial charge is 0.320 e. The number of nitrogens with one attached hydrogen (secondary N) is 2. The Bertz CT molecular complexity index is 1910. The minimum atomic E-state index is -1.00. The highest BCUT2D eigenvalue weighted by Crippen LogP contribution is 2.49. The molecule has 3 atom stereocenters. The van der Waals surface area contributed by atoms with E-state index >= 15 is 0 Å². The second-order valence-electron chi connectivity index (χ2n) is 14.3. The van der Waals surface area contributed by atoms with Crippen LogP contribution < -0.4 is 10.6 Å². The number of hydrogen-bond donors (Lipinski definition) is 3. The number of ketones is 1. The van der Waals surface area contributed by atoms with E-state index in [1.54, 1.807) is 24.9 Å². The Hall–Kier alpha value is -4.83. The molecule has 1 unspecified atom stereocenters. The van der Waals surface area contributed by atoms with E-state index < -0.39 is 33.5 Å². The number of esters is 1. The number of aliphatic carboxylic acids is 1. The van der Waals surface area contributed by atoms with Crippen molar-refractivity contribution in [3.8, 4) is 11.1 Å². The first-order chi connectivity index (χ1) is 26.5. The van der Waals surface area contributed by atoms with Crippen molar-refractivity contribution in [1.29, 1.82) is 0 Å². The van der Waals surface area contributed by atoms with Gasteiger partial charge in [0.25, 0.3) is 0 Å². The number of carboxylic acid groups (broad SMARTS) is 1. The van der Waals surface area contributed by atoms with E-state index in [4.69, 9.17) is 4.74 Å². The Morgan fingerprint density at radius 1 is 0.727 bits per heavy atom. The summed E-state index contributed by atoms with van der Waals surface area (Å²) in [7, 11) is 1.59. The Morgan fingerprint density at radius 2 is 1.24 bits per heavy atom. The van der Waals surface area contributed by atoms with E-state index in [1.807, 2.05) is 124 Å². The van der Waals surface area contributed by atoms with Crippen molar-refractivity contribution in [2.75, 3.05) is 30.9 Å². The summed E-state index contributed by atoms with van der Waals surface area (Å²) in [6.07, 6.45) is 1.95. The third-order valence-electron chi connectivity index (χ3n) is 9.39. The molecule has 0 fully saturated rings. The lowest BCUT2D eigenvalue weighted by atomic mass is 9.84. The van der Waals surface area contributed by atoms with Crippen LogP contribution in [0.4, 0.5) is 5.69 Å². The van der Waals surface area contributed by atoms with E-state index in [2.05, 4.69) is 47.0 Å². The first-order valence-electron chi connectivity index (χ1n) is 18.4. The molecule has 0 saturated heterocycles. The molecule has 55 heavy (non-hydrogen) atoms. The molecule has 0 aliphatic rings. The molecule has 3 N–H and O–H groups in total. The molecule has 9 heteroatoms. The van der Waals surface area contributed by atoms with Crippen LogP contribution in [-0.2, 0) is 19.1 Å². The van der Waals surface area contributed by atoms with Crippen LogP contribution >= 0.6 is 23.5 Å². The summed E-state index contributed by atoms with van der Waals surface area (Å²) in [4.78, 5) is 40.3. The molecule has 5 aromatic rings. The van der Waals surface area contributed by atoms with Gasteiger partial charge in [0.2, 0.25) is 0 Å². The molecular formula is C46H50N2O5S2. The van der Waals surface area contributed by atoms with Gasteiger partial charge in [0.1, 0.15) is 11.6 Å². The summed E-state index contributed by atoms with van der Waals surface area (Å²) in [6, 6.07) is 45.5. The summed E-state index contributed by atoms with van der Waals surface area (Å²) in [5, 5.41) is 15.5. The van der Waals surface area contributed by atoms with Crippen molar-refractivity contribution < 1.29 is 24.2 Å². The Balaban J connectivity index is 1.55. The highest BCUT2D eigenvalue weighted by Gasteiger charge is 2.39. The molecule has 0 aromatic heterocycles. The summed E-state index contributed by atoms with van der Waals surface area (Å²) in [5.41, 5.74) is 5.29. The largest absolute Gasteiger partial charge is 0.480 e. The van der Waals surface area contributed by atoms with E-state index in [9.17, 15) is 19.5 Å². The fourth-order valence-electron chi connectivity index (χ4n) is 6.68. The predicted molar refractivity (Wildman–Crippen MR) is 228 cm³/mol. The van der Waals surface area contributed by atoms with Gasteiger partial charge in [-0.25, -0.2) is 0 Å². The second kappa shape index (κ2) is 19.2. The molecule has 5 rings (SSSR count). The number of rotatable bonds is 18. The van der Waals surface area contributed by atoms with Crippen LogP contribution in [0.25, 0.3) is 11.1 Å². The van der Waals surface area contributed by atoms with Crippen molar-refractivity contribution in [2.45, 2.75) is 48.8 Å². The highest BCUT2D eigenvalue weighted by atomic mass is 32.2. The average molecular weight is 775 g/mol. The predicted octanol–water partition coefficient (Wildman–Crippen LogP) is 9.43. The maximum absolute atomic E-state index is 14.3. The van der Waals surface area contributed by atoms with Gasteiger partial charge < -0.3 is 20.5 Å². The van der Waals surface area contributed by atoms with Gasteiger partial charge in [-0.3, -0.25) is 14.4 Å². The van der Waals surface area contributed by atoms with Crippen molar-refractivity contribution in [3.05, 3.63) is 162 Å². The van der Waals surface area contributed by atoms with Crippen molar-refractivity contribution >= 4 is 46.9 Å². The molecule has 0 spiro atoms. The second-order valence-corrected chi connectivity index (χ2v) is 16.6. The Labute approximate surface area is 333 Å². The lowest BCUT2D eigenvalue weighted by molar-refractivity contribution is -0.158. The monoisotopic (exact) mass is 774 g/mol. The normalized spacial score (nSPS) is 13.3. The van der Waals surface area contributed by atoms with E-state index in [0.717, 1.165) is 22.3 Å².